The Bertz CT molecular complexity index is 875. The van der Waals surface area contributed by atoms with E-state index in [2.05, 4.69) is 20.5 Å². The topological polar surface area (TPSA) is 70.7 Å². The van der Waals surface area contributed by atoms with Gasteiger partial charge in [0.05, 0.1) is 6.42 Å². The number of nitrogens with zero attached hydrogens (tertiary/aromatic N) is 2. The Kier molecular flexibility index (Phi) is 4.33. The number of carbonyl (C=O) groups is 1. The highest BCUT2D eigenvalue weighted by Gasteiger charge is 2.08. The minimum atomic E-state index is -0.966. The molecule has 122 valence electrons. The van der Waals surface area contributed by atoms with Crippen LogP contribution in [0.3, 0.4) is 0 Å². The maximum Gasteiger partial charge on any atom is 0.228 e. The second kappa shape index (κ2) is 6.57. The molecular weight excluding hydrogens is 314 g/mol. The number of halogens is 2. The highest BCUT2D eigenvalue weighted by atomic mass is 19.2. The van der Waals surface area contributed by atoms with Gasteiger partial charge in [-0.25, -0.2) is 13.8 Å². The molecular formula is C17H14F2N4O. The van der Waals surface area contributed by atoms with E-state index in [1.807, 2.05) is 6.92 Å². The summed E-state index contributed by atoms with van der Waals surface area (Å²) in [5, 5.41) is 9.52. The van der Waals surface area contributed by atoms with Gasteiger partial charge in [0.15, 0.2) is 17.5 Å². The van der Waals surface area contributed by atoms with Crippen molar-refractivity contribution in [3.05, 3.63) is 65.5 Å². The van der Waals surface area contributed by atoms with Crippen molar-refractivity contribution < 1.29 is 13.6 Å². The maximum atomic E-state index is 13.1. The third-order valence-electron chi connectivity index (χ3n) is 3.37. The Balaban J connectivity index is 1.65. The average Bonchev–Trinajstić information content (AvgIpc) is 2.98. The quantitative estimate of drug-likeness (QED) is 0.772. The first kappa shape index (κ1) is 15.8. The Morgan fingerprint density at radius 2 is 1.88 bits per heavy atom. The van der Waals surface area contributed by atoms with E-state index in [-0.39, 0.29) is 12.3 Å². The lowest BCUT2D eigenvalue weighted by molar-refractivity contribution is -0.115. The molecule has 24 heavy (non-hydrogen) atoms. The second-order valence-electron chi connectivity index (χ2n) is 5.30. The third kappa shape index (κ3) is 3.62. The molecule has 0 atom stereocenters. The lowest BCUT2D eigenvalue weighted by Crippen LogP contribution is -2.14. The van der Waals surface area contributed by atoms with Crippen LogP contribution in [0.5, 0.6) is 0 Å². The van der Waals surface area contributed by atoms with E-state index < -0.39 is 11.6 Å². The predicted octanol–water partition coefficient (Wildman–Crippen LogP) is 3.24. The van der Waals surface area contributed by atoms with Crippen LogP contribution in [-0.2, 0) is 11.2 Å². The lowest BCUT2D eigenvalue weighted by Gasteiger charge is -2.06. The number of aromatic nitrogens is 3. The van der Waals surface area contributed by atoms with Crippen molar-refractivity contribution >= 4 is 11.6 Å². The molecule has 0 aliphatic heterocycles. The zero-order valence-corrected chi connectivity index (χ0v) is 12.8. The van der Waals surface area contributed by atoms with E-state index in [0.717, 1.165) is 17.7 Å². The molecule has 0 radical (unpaired) electrons. The molecule has 7 heteroatoms. The largest absolute Gasteiger partial charge is 0.326 e. The summed E-state index contributed by atoms with van der Waals surface area (Å²) in [6.07, 6.45) is -0.0426. The number of amides is 1. The normalized spacial score (nSPS) is 10.6. The summed E-state index contributed by atoms with van der Waals surface area (Å²) in [5.41, 5.74) is 1.82. The Hall–Kier alpha value is -3.09. The summed E-state index contributed by atoms with van der Waals surface area (Å²) in [6.45, 7) is 1.81. The molecule has 2 N–H and O–H groups in total. The number of H-pyrrole nitrogens is 1. The molecule has 3 aromatic rings. The van der Waals surface area contributed by atoms with Crippen molar-refractivity contribution in [3.63, 3.8) is 0 Å². The van der Waals surface area contributed by atoms with Crippen LogP contribution in [0.25, 0.3) is 11.4 Å². The van der Waals surface area contributed by atoms with E-state index in [1.165, 1.54) is 6.07 Å². The predicted molar refractivity (Wildman–Crippen MR) is 85.2 cm³/mol. The summed E-state index contributed by atoms with van der Waals surface area (Å²) in [4.78, 5) is 16.2. The zero-order valence-electron chi connectivity index (χ0n) is 12.8. The molecule has 5 nitrogen and oxygen atoms in total. The fraction of sp³-hybridized carbons (Fsp3) is 0.118. The monoisotopic (exact) mass is 328 g/mol. The SMILES string of the molecule is Cc1nc(-c2ccc(NC(=O)Cc3ccc(F)c(F)c3)cc2)n[nH]1. The molecule has 1 amide bonds. The van der Waals surface area contributed by atoms with Crippen molar-refractivity contribution in [1.29, 1.82) is 0 Å². The van der Waals surface area contributed by atoms with Gasteiger partial charge < -0.3 is 5.32 Å². The molecule has 3 rings (SSSR count). The Morgan fingerprint density at radius 1 is 1.12 bits per heavy atom. The Morgan fingerprint density at radius 3 is 2.50 bits per heavy atom. The summed E-state index contributed by atoms with van der Waals surface area (Å²) in [5.74, 6) is -0.924. The van der Waals surface area contributed by atoms with E-state index >= 15 is 0 Å². The Labute approximate surface area is 136 Å². The fourth-order valence-electron chi connectivity index (χ4n) is 2.21. The minimum Gasteiger partial charge on any atom is -0.326 e. The molecule has 0 unspecified atom stereocenters. The number of rotatable bonds is 4. The number of benzene rings is 2. The van der Waals surface area contributed by atoms with Crippen LogP contribution in [-0.4, -0.2) is 21.1 Å². The van der Waals surface area contributed by atoms with Gasteiger partial charge in [0.2, 0.25) is 5.91 Å². The average molecular weight is 328 g/mol. The molecule has 0 saturated carbocycles. The van der Waals surface area contributed by atoms with Crippen LogP contribution >= 0.6 is 0 Å². The fourth-order valence-corrected chi connectivity index (χ4v) is 2.21. The first-order valence-electron chi connectivity index (χ1n) is 7.24. The molecule has 2 aromatic carbocycles. The van der Waals surface area contributed by atoms with Gasteiger partial charge in [0.25, 0.3) is 0 Å². The standard InChI is InChI=1S/C17H14F2N4O/c1-10-20-17(23-22-10)12-3-5-13(6-4-12)21-16(24)9-11-2-7-14(18)15(19)8-11/h2-8H,9H2,1H3,(H,21,24)(H,20,22,23). The van der Waals surface area contributed by atoms with Gasteiger partial charge in [-0.2, -0.15) is 5.10 Å². The highest BCUT2D eigenvalue weighted by molar-refractivity contribution is 5.92. The maximum absolute atomic E-state index is 13.1. The van der Waals surface area contributed by atoms with Crippen molar-refractivity contribution in [2.75, 3.05) is 5.32 Å². The van der Waals surface area contributed by atoms with E-state index in [4.69, 9.17) is 0 Å². The smallest absolute Gasteiger partial charge is 0.228 e. The number of hydrogen-bond acceptors (Lipinski definition) is 3. The van der Waals surface area contributed by atoms with Gasteiger partial charge in [-0.15, -0.1) is 0 Å². The molecule has 1 heterocycles. The van der Waals surface area contributed by atoms with Crippen LogP contribution in [0.2, 0.25) is 0 Å². The number of anilines is 1. The van der Waals surface area contributed by atoms with Crippen LogP contribution in [0.15, 0.2) is 42.5 Å². The molecule has 1 aromatic heterocycles. The lowest BCUT2D eigenvalue weighted by atomic mass is 10.1. The van der Waals surface area contributed by atoms with E-state index in [1.54, 1.807) is 24.3 Å². The van der Waals surface area contributed by atoms with Crippen molar-refractivity contribution in [2.45, 2.75) is 13.3 Å². The summed E-state index contributed by atoms with van der Waals surface area (Å²) < 4.78 is 26.0. The van der Waals surface area contributed by atoms with E-state index in [0.29, 0.717) is 22.9 Å². The van der Waals surface area contributed by atoms with Crippen molar-refractivity contribution in [2.24, 2.45) is 0 Å². The second-order valence-corrected chi connectivity index (χ2v) is 5.30. The number of aryl methyl sites for hydroxylation is 1. The molecule has 0 aliphatic rings. The molecule has 0 fully saturated rings. The van der Waals surface area contributed by atoms with Crippen LogP contribution in [0, 0.1) is 18.6 Å². The zero-order chi connectivity index (χ0) is 17.1. The number of hydrogen-bond donors (Lipinski definition) is 2. The van der Waals surface area contributed by atoms with Crippen molar-refractivity contribution in [1.82, 2.24) is 15.2 Å². The van der Waals surface area contributed by atoms with Gasteiger partial charge in [0, 0.05) is 11.3 Å². The molecule has 0 aliphatic carbocycles. The summed E-state index contributed by atoms with van der Waals surface area (Å²) >= 11 is 0. The molecule has 0 bridgehead atoms. The van der Waals surface area contributed by atoms with Gasteiger partial charge in [-0.3, -0.25) is 9.89 Å². The summed E-state index contributed by atoms with van der Waals surface area (Å²) in [7, 11) is 0. The van der Waals surface area contributed by atoms with Gasteiger partial charge in [-0.1, -0.05) is 6.07 Å². The van der Waals surface area contributed by atoms with Crippen LogP contribution in [0.1, 0.15) is 11.4 Å². The minimum absolute atomic E-state index is 0.0426. The van der Waals surface area contributed by atoms with E-state index in [9.17, 15) is 13.6 Å². The highest BCUT2D eigenvalue weighted by Crippen LogP contribution is 2.18. The number of aromatic amines is 1. The van der Waals surface area contributed by atoms with Gasteiger partial charge >= 0.3 is 0 Å². The van der Waals surface area contributed by atoms with Crippen molar-refractivity contribution in [3.8, 4) is 11.4 Å². The number of carbonyl (C=O) groups excluding carboxylic acids is 1. The van der Waals surface area contributed by atoms with Gasteiger partial charge in [-0.05, 0) is 48.9 Å². The summed E-state index contributed by atoms with van der Waals surface area (Å²) in [6, 6.07) is 10.4. The van der Waals surface area contributed by atoms with Gasteiger partial charge in [0.1, 0.15) is 5.82 Å². The molecule has 0 spiro atoms. The third-order valence-corrected chi connectivity index (χ3v) is 3.37. The first-order valence-corrected chi connectivity index (χ1v) is 7.24. The van der Waals surface area contributed by atoms with Crippen LogP contribution < -0.4 is 5.32 Å². The molecule has 0 saturated heterocycles. The van der Waals surface area contributed by atoms with Crippen LogP contribution in [0.4, 0.5) is 14.5 Å². The first-order chi connectivity index (χ1) is 11.5. The number of nitrogens with one attached hydrogen (secondary N) is 2.